The van der Waals surface area contributed by atoms with Gasteiger partial charge in [0.05, 0.1) is 17.9 Å². The normalized spacial score (nSPS) is 12.1. The van der Waals surface area contributed by atoms with Crippen LogP contribution in [0.15, 0.2) is 49.2 Å². The van der Waals surface area contributed by atoms with Gasteiger partial charge in [0, 0.05) is 43.0 Å². The van der Waals surface area contributed by atoms with E-state index >= 15 is 0 Å². The number of pyridine rings is 1. The molecular weight excluding hydrogens is 276 g/mol. The molecule has 0 bridgehead atoms. The molecule has 3 aromatic heterocycles. The summed E-state index contributed by atoms with van der Waals surface area (Å²) in [6.07, 6.45) is 10.1. The minimum atomic E-state index is 0.140. The highest BCUT2D eigenvalue weighted by Crippen LogP contribution is 2.22. The van der Waals surface area contributed by atoms with E-state index in [1.807, 2.05) is 37.6 Å². The SMILES string of the molecule is CCC(Nc1nccc(-c2ccncc2)n1)c1cnn(C)c1. The van der Waals surface area contributed by atoms with Gasteiger partial charge in [-0.3, -0.25) is 9.67 Å². The maximum absolute atomic E-state index is 4.59. The van der Waals surface area contributed by atoms with E-state index < -0.39 is 0 Å². The molecule has 3 rings (SSSR count). The van der Waals surface area contributed by atoms with E-state index in [0.29, 0.717) is 5.95 Å². The van der Waals surface area contributed by atoms with Crippen LogP contribution in [0.5, 0.6) is 0 Å². The maximum atomic E-state index is 4.59. The molecule has 0 aliphatic carbocycles. The third-order valence-corrected chi connectivity index (χ3v) is 3.47. The monoisotopic (exact) mass is 294 g/mol. The van der Waals surface area contributed by atoms with E-state index in [0.717, 1.165) is 23.2 Å². The van der Waals surface area contributed by atoms with Crippen molar-refractivity contribution in [2.24, 2.45) is 7.05 Å². The highest BCUT2D eigenvalue weighted by Gasteiger charge is 2.12. The van der Waals surface area contributed by atoms with Crippen molar-refractivity contribution in [1.29, 1.82) is 0 Å². The van der Waals surface area contributed by atoms with Crippen molar-refractivity contribution in [3.05, 3.63) is 54.7 Å². The van der Waals surface area contributed by atoms with Gasteiger partial charge in [0.15, 0.2) is 0 Å². The number of nitrogens with zero attached hydrogens (tertiary/aromatic N) is 5. The van der Waals surface area contributed by atoms with Crippen LogP contribution in [-0.4, -0.2) is 24.7 Å². The van der Waals surface area contributed by atoms with Gasteiger partial charge in [-0.05, 0) is 24.6 Å². The van der Waals surface area contributed by atoms with Crippen LogP contribution in [-0.2, 0) is 7.05 Å². The largest absolute Gasteiger partial charge is 0.347 e. The van der Waals surface area contributed by atoms with Crippen LogP contribution in [0.4, 0.5) is 5.95 Å². The van der Waals surface area contributed by atoms with Gasteiger partial charge in [-0.1, -0.05) is 6.92 Å². The number of hydrogen-bond donors (Lipinski definition) is 1. The minimum absolute atomic E-state index is 0.140. The molecule has 6 nitrogen and oxygen atoms in total. The molecule has 0 saturated carbocycles. The first-order valence-corrected chi connectivity index (χ1v) is 7.25. The van der Waals surface area contributed by atoms with Gasteiger partial charge in [0.25, 0.3) is 0 Å². The molecule has 0 aromatic carbocycles. The molecule has 0 fully saturated rings. The van der Waals surface area contributed by atoms with Gasteiger partial charge in [0.2, 0.25) is 5.95 Å². The standard InChI is InChI=1S/C16H18N6/c1-3-14(13-10-19-22(2)11-13)20-16-18-9-6-15(21-16)12-4-7-17-8-5-12/h4-11,14H,3H2,1-2H3,(H,18,20,21). The van der Waals surface area contributed by atoms with E-state index in [1.54, 1.807) is 23.3 Å². The maximum Gasteiger partial charge on any atom is 0.223 e. The molecule has 3 heterocycles. The fraction of sp³-hybridized carbons (Fsp3) is 0.250. The van der Waals surface area contributed by atoms with Crippen LogP contribution in [0.1, 0.15) is 24.9 Å². The van der Waals surface area contributed by atoms with Gasteiger partial charge in [-0.15, -0.1) is 0 Å². The third kappa shape index (κ3) is 3.11. The van der Waals surface area contributed by atoms with Crippen molar-refractivity contribution in [2.75, 3.05) is 5.32 Å². The molecule has 0 amide bonds. The number of rotatable bonds is 5. The zero-order valence-corrected chi connectivity index (χ0v) is 12.6. The van der Waals surface area contributed by atoms with E-state index in [-0.39, 0.29) is 6.04 Å². The zero-order chi connectivity index (χ0) is 15.4. The molecule has 6 heteroatoms. The Morgan fingerprint density at radius 3 is 2.68 bits per heavy atom. The lowest BCUT2D eigenvalue weighted by Crippen LogP contribution is -2.11. The zero-order valence-electron chi connectivity index (χ0n) is 12.6. The number of aromatic nitrogens is 5. The van der Waals surface area contributed by atoms with E-state index in [1.165, 1.54) is 0 Å². The molecule has 0 aliphatic rings. The van der Waals surface area contributed by atoms with Gasteiger partial charge >= 0.3 is 0 Å². The molecular formula is C16H18N6. The highest BCUT2D eigenvalue weighted by atomic mass is 15.2. The Hall–Kier alpha value is -2.76. The van der Waals surface area contributed by atoms with Crippen molar-refractivity contribution in [2.45, 2.75) is 19.4 Å². The topological polar surface area (TPSA) is 68.5 Å². The summed E-state index contributed by atoms with van der Waals surface area (Å²) in [5, 5.41) is 7.60. The predicted molar refractivity (Wildman–Crippen MR) is 85.1 cm³/mol. The first-order chi connectivity index (χ1) is 10.8. The molecule has 0 aliphatic heterocycles. The lowest BCUT2D eigenvalue weighted by molar-refractivity contribution is 0.732. The highest BCUT2D eigenvalue weighted by molar-refractivity contribution is 5.59. The second-order valence-corrected chi connectivity index (χ2v) is 5.05. The van der Waals surface area contributed by atoms with Crippen molar-refractivity contribution in [1.82, 2.24) is 24.7 Å². The average molecular weight is 294 g/mol. The molecule has 0 saturated heterocycles. The number of aryl methyl sites for hydroxylation is 1. The third-order valence-electron chi connectivity index (χ3n) is 3.47. The minimum Gasteiger partial charge on any atom is -0.347 e. The van der Waals surface area contributed by atoms with Crippen molar-refractivity contribution in [3.63, 3.8) is 0 Å². The quantitative estimate of drug-likeness (QED) is 0.783. The first-order valence-electron chi connectivity index (χ1n) is 7.25. The summed E-state index contributed by atoms with van der Waals surface area (Å²) in [6, 6.07) is 5.90. The van der Waals surface area contributed by atoms with Crippen LogP contribution < -0.4 is 5.32 Å². The Labute approximate surface area is 129 Å². The Balaban J connectivity index is 1.83. The molecule has 112 valence electrons. The number of anilines is 1. The summed E-state index contributed by atoms with van der Waals surface area (Å²) in [4.78, 5) is 12.9. The summed E-state index contributed by atoms with van der Waals surface area (Å²) < 4.78 is 1.80. The Morgan fingerprint density at radius 1 is 1.18 bits per heavy atom. The van der Waals surface area contributed by atoms with E-state index in [2.05, 4.69) is 32.3 Å². The smallest absolute Gasteiger partial charge is 0.223 e. The lowest BCUT2D eigenvalue weighted by atomic mass is 10.1. The fourth-order valence-corrected chi connectivity index (χ4v) is 2.31. The second kappa shape index (κ2) is 6.34. The summed E-state index contributed by atoms with van der Waals surface area (Å²) >= 11 is 0. The Kier molecular flexibility index (Phi) is 4.09. The molecule has 3 aromatic rings. The van der Waals surface area contributed by atoms with Gasteiger partial charge in [0.1, 0.15) is 0 Å². The average Bonchev–Trinajstić information content (AvgIpc) is 3.00. The van der Waals surface area contributed by atoms with Crippen LogP contribution in [0.25, 0.3) is 11.3 Å². The van der Waals surface area contributed by atoms with Crippen LogP contribution in [0.3, 0.4) is 0 Å². The van der Waals surface area contributed by atoms with Crippen molar-refractivity contribution in [3.8, 4) is 11.3 Å². The fourth-order valence-electron chi connectivity index (χ4n) is 2.31. The number of nitrogens with one attached hydrogen (secondary N) is 1. The summed E-state index contributed by atoms with van der Waals surface area (Å²) in [6.45, 7) is 2.12. The van der Waals surface area contributed by atoms with Crippen molar-refractivity contribution >= 4 is 5.95 Å². The van der Waals surface area contributed by atoms with E-state index in [9.17, 15) is 0 Å². The van der Waals surface area contributed by atoms with Crippen LogP contribution in [0.2, 0.25) is 0 Å². The van der Waals surface area contributed by atoms with Crippen LogP contribution in [0, 0.1) is 0 Å². The molecule has 0 spiro atoms. The molecule has 0 radical (unpaired) electrons. The summed E-state index contributed by atoms with van der Waals surface area (Å²) in [7, 11) is 1.91. The molecule has 1 atom stereocenters. The second-order valence-electron chi connectivity index (χ2n) is 5.05. The molecule has 1 N–H and O–H groups in total. The first kappa shape index (κ1) is 14.2. The van der Waals surface area contributed by atoms with E-state index in [4.69, 9.17) is 0 Å². The summed E-state index contributed by atoms with van der Waals surface area (Å²) in [5.74, 6) is 0.616. The van der Waals surface area contributed by atoms with Gasteiger partial charge in [-0.25, -0.2) is 9.97 Å². The molecule has 22 heavy (non-hydrogen) atoms. The van der Waals surface area contributed by atoms with Gasteiger partial charge in [-0.2, -0.15) is 5.10 Å². The Bertz CT molecular complexity index is 737. The summed E-state index contributed by atoms with van der Waals surface area (Å²) in [5.41, 5.74) is 3.03. The predicted octanol–water partition coefficient (Wildman–Crippen LogP) is 2.84. The Morgan fingerprint density at radius 2 is 2.00 bits per heavy atom. The van der Waals surface area contributed by atoms with Crippen LogP contribution >= 0.6 is 0 Å². The lowest BCUT2D eigenvalue weighted by Gasteiger charge is -2.15. The number of hydrogen-bond acceptors (Lipinski definition) is 5. The molecule has 1 unspecified atom stereocenters. The van der Waals surface area contributed by atoms with Gasteiger partial charge < -0.3 is 5.32 Å². The van der Waals surface area contributed by atoms with Crippen molar-refractivity contribution < 1.29 is 0 Å².